The Balaban J connectivity index is 2.10. The number of aliphatic carboxylic acids is 1. The fourth-order valence-corrected chi connectivity index (χ4v) is 1.99. The molecule has 0 bridgehead atoms. The minimum Gasteiger partial charge on any atom is -0.480 e. The number of hydrogen-bond donors (Lipinski definition) is 2. The first-order valence-electron chi connectivity index (χ1n) is 6.98. The number of carbonyl (C=O) groups excluding carboxylic acids is 1. The number of para-hydroxylation sites is 1. The van der Waals surface area contributed by atoms with Crippen molar-refractivity contribution in [1.29, 1.82) is 0 Å². The van der Waals surface area contributed by atoms with Gasteiger partial charge in [-0.15, -0.1) is 5.10 Å². The van der Waals surface area contributed by atoms with E-state index in [0.717, 1.165) is 5.69 Å². The molecule has 2 aromatic rings. The Morgan fingerprint density at radius 2 is 1.95 bits per heavy atom. The standard InChI is InChI=1S/C15H18N4O3/c1-10(2)8-12(15(21)22)17-14(20)13-16-9-19(18-13)11-6-4-3-5-7-11/h3-7,9-10,12H,8H2,1-2H3,(H,17,20)(H,21,22). The van der Waals surface area contributed by atoms with Gasteiger partial charge < -0.3 is 10.4 Å². The SMILES string of the molecule is CC(C)CC(NC(=O)c1ncn(-c2ccccc2)n1)C(=O)O. The number of hydrogen-bond acceptors (Lipinski definition) is 4. The first-order chi connectivity index (χ1) is 10.5. The van der Waals surface area contributed by atoms with Gasteiger partial charge >= 0.3 is 5.97 Å². The molecule has 0 fully saturated rings. The van der Waals surface area contributed by atoms with Crippen LogP contribution in [0.25, 0.3) is 5.69 Å². The Morgan fingerprint density at radius 1 is 1.27 bits per heavy atom. The number of nitrogens with one attached hydrogen (secondary N) is 1. The van der Waals surface area contributed by atoms with Crippen LogP contribution in [-0.2, 0) is 4.79 Å². The van der Waals surface area contributed by atoms with Crippen LogP contribution in [0.1, 0.15) is 30.9 Å². The summed E-state index contributed by atoms with van der Waals surface area (Å²) in [7, 11) is 0. The summed E-state index contributed by atoms with van der Waals surface area (Å²) >= 11 is 0. The second kappa shape index (κ2) is 6.84. The van der Waals surface area contributed by atoms with E-state index in [1.54, 1.807) is 0 Å². The summed E-state index contributed by atoms with van der Waals surface area (Å²) in [5, 5.41) is 15.7. The number of nitrogens with zero attached hydrogens (tertiary/aromatic N) is 3. The monoisotopic (exact) mass is 302 g/mol. The Bertz CT molecular complexity index is 652. The smallest absolute Gasteiger partial charge is 0.326 e. The van der Waals surface area contributed by atoms with Crippen LogP contribution in [0.5, 0.6) is 0 Å². The van der Waals surface area contributed by atoms with Gasteiger partial charge in [0, 0.05) is 0 Å². The highest BCUT2D eigenvalue weighted by molar-refractivity contribution is 5.93. The van der Waals surface area contributed by atoms with Crippen LogP contribution < -0.4 is 5.32 Å². The van der Waals surface area contributed by atoms with Gasteiger partial charge in [0.25, 0.3) is 5.91 Å². The lowest BCUT2D eigenvalue weighted by Crippen LogP contribution is -2.42. The summed E-state index contributed by atoms with van der Waals surface area (Å²) in [6, 6.07) is 8.28. The van der Waals surface area contributed by atoms with Crippen molar-refractivity contribution in [3.05, 3.63) is 42.5 Å². The van der Waals surface area contributed by atoms with E-state index in [-0.39, 0.29) is 11.7 Å². The van der Waals surface area contributed by atoms with Gasteiger partial charge in [0.15, 0.2) is 0 Å². The van der Waals surface area contributed by atoms with Gasteiger partial charge in [0.05, 0.1) is 5.69 Å². The number of carbonyl (C=O) groups is 2. The van der Waals surface area contributed by atoms with E-state index >= 15 is 0 Å². The molecule has 0 saturated carbocycles. The average molecular weight is 302 g/mol. The van der Waals surface area contributed by atoms with Crippen molar-refractivity contribution in [3.63, 3.8) is 0 Å². The van der Waals surface area contributed by atoms with Gasteiger partial charge in [-0.05, 0) is 24.5 Å². The maximum Gasteiger partial charge on any atom is 0.326 e. The number of carboxylic acids is 1. The second-order valence-electron chi connectivity index (χ2n) is 5.34. The topological polar surface area (TPSA) is 97.1 Å². The zero-order chi connectivity index (χ0) is 16.1. The lowest BCUT2D eigenvalue weighted by molar-refractivity contribution is -0.139. The van der Waals surface area contributed by atoms with Gasteiger partial charge in [-0.25, -0.2) is 14.5 Å². The first-order valence-corrected chi connectivity index (χ1v) is 6.98. The molecule has 1 unspecified atom stereocenters. The summed E-state index contributed by atoms with van der Waals surface area (Å²) in [5.74, 6) is -1.57. The van der Waals surface area contributed by atoms with E-state index < -0.39 is 17.9 Å². The fourth-order valence-electron chi connectivity index (χ4n) is 1.99. The molecule has 7 nitrogen and oxygen atoms in total. The lowest BCUT2D eigenvalue weighted by Gasteiger charge is -2.15. The van der Waals surface area contributed by atoms with Gasteiger partial charge in [0.1, 0.15) is 12.4 Å². The van der Waals surface area contributed by atoms with E-state index in [9.17, 15) is 9.59 Å². The van der Waals surface area contributed by atoms with Crippen LogP contribution in [-0.4, -0.2) is 37.8 Å². The molecule has 1 aromatic carbocycles. The summed E-state index contributed by atoms with van der Waals surface area (Å²) in [4.78, 5) is 27.2. The van der Waals surface area contributed by atoms with Gasteiger partial charge in [-0.1, -0.05) is 32.0 Å². The molecule has 22 heavy (non-hydrogen) atoms. The molecule has 2 N–H and O–H groups in total. The van der Waals surface area contributed by atoms with Crippen molar-refractivity contribution >= 4 is 11.9 Å². The van der Waals surface area contributed by atoms with Crippen LogP contribution in [0, 0.1) is 5.92 Å². The van der Waals surface area contributed by atoms with Crippen LogP contribution in [0.2, 0.25) is 0 Å². The van der Waals surface area contributed by atoms with Crippen LogP contribution in [0.15, 0.2) is 36.7 Å². The quantitative estimate of drug-likeness (QED) is 0.842. The molecule has 7 heteroatoms. The number of benzene rings is 1. The Kier molecular flexibility index (Phi) is 4.88. The molecule has 1 amide bonds. The van der Waals surface area contributed by atoms with E-state index in [1.807, 2.05) is 44.2 Å². The molecule has 1 heterocycles. The minimum atomic E-state index is -1.07. The largest absolute Gasteiger partial charge is 0.480 e. The molecule has 1 aromatic heterocycles. The average Bonchev–Trinajstić information content (AvgIpc) is 2.96. The molecule has 1 atom stereocenters. The molecular weight excluding hydrogens is 284 g/mol. The molecule has 0 aliphatic carbocycles. The van der Waals surface area contributed by atoms with E-state index in [0.29, 0.717) is 6.42 Å². The van der Waals surface area contributed by atoms with Gasteiger partial charge in [-0.2, -0.15) is 0 Å². The highest BCUT2D eigenvalue weighted by Crippen LogP contribution is 2.07. The predicted octanol–water partition coefficient (Wildman–Crippen LogP) is 1.50. The maximum absolute atomic E-state index is 12.1. The van der Waals surface area contributed by atoms with Crippen molar-refractivity contribution in [3.8, 4) is 5.69 Å². The zero-order valence-electron chi connectivity index (χ0n) is 12.4. The summed E-state index contributed by atoms with van der Waals surface area (Å²) in [5.41, 5.74) is 0.769. The second-order valence-corrected chi connectivity index (χ2v) is 5.34. The van der Waals surface area contributed by atoms with Crippen molar-refractivity contribution < 1.29 is 14.7 Å². The lowest BCUT2D eigenvalue weighted by atomic mass is 10.0. The number of carboxylic acid groups (broad SMARTS) is 1. The maximum atomic E-state index is 12.1. The van der Waals surface area contributed by atoms with Crippen LogP contribution in [0.4, 0.5) is 0 Å². The Morgan fingerprint density at radius 3 is 2.55 bits per heavy atom. The number of rotatable bonds is 6. The molecular formula is C15H18N4O3. The van der Waals surface area contributed by atoms with Crippen LogP contribution in [0.3, 0.4) is 0 Å². The Hall–Kier alpha value is -2.70. The molecule has 0 radical (unpaired) electrons. The van der Waals surface area contributed by atoms with Crippen LogP contribution >= 0.6 is 0 Å². The van der Waals surface area contributed by atoms with Gasteiger partial charge in [-0.3, -0.25) is 4.79 Å². The summed E-state index contributed by atoms with van der Waals surface area (Å²) in [6.45, 7) is 3.79. The van der Waals surface area contributed by atoms with Crippen molar-refractivity contribution in [1.82, 2.24) is 20.1 Å². The highest BCUT2D eigenvalue weighted by Gasteiger charge is 2.23. The summed E-state index contributed by atoms with van der Waals surface area (Å²) < 4.78 is 1.47. The molecule has 0 aliphatic heterocycles. The van der Waals surface area contributed by atoms with E-state index in [2.05, 4.69) is 15.4 Å². The van der Waals surface area contributed by atoms with Crippen molar-refractivity contribution in [2.75, 3.05) is 0 Å². The van der Waals surface area contributed by atoms with Crippen molar-refractivity contribution in [2.45, 2.75) is 26.3 Å². The molecule has 2 rings (SSSR count). The zero-order valence-corrected chi connectivity index (χ0v) is 12.4. The third-order valence-electron chi connectivity index (χ3n) is 3.03. The Labute approximate surface area is 128 Å². The third-order valence-corrected chi connectivity index (χ3v) is 3.03. The molecule has 0 spiro atoms. The van der Waals surface area contributed by atoms with E-state index in [4.69, 9.17) is 5.11 Å². The molecule has 0 aliphatic rings. The third kappa shape index (κ3) is 3.91. The normalized spacial score (nSPS) is 12.1. The van der Waals surface area contributed by atoms with Crippen molar-refractivity contribution in [2.24, 2.45) is 5.92 Å². The highest BCUT2D eigenvalue weighted by atomic mass is 16.4. The first kappa shape index (κ1) is 15.7. The molecule has 116 valence electrons. The fraction of sp³-hybridized carbons (Fsp3) is 0.333. The number of aromatic nitrogens is 3. The number of amides is 1. The minimum absolute atomic E-state index is 0.0566. The van der Waals surface area contributed by atoms with E-state index in [1.165, 1.54) is 11.0 Å². The summed E-state index contributed by atoms with van der Waals surface area (Å²) in [6.07, 6.45) is 1.77. The molecule has 0 saturated heterocycles. The van der Waals surface area contributed by atoms with Gasteiger partial charge in [0.2, 0.25) is 5.82 Å². The predicted molar refractivity (Wildman–Crippen MR) is 79.7 cm³/mol.